The Kier molecular flexibility index (Phi) is 7.06. The lowest BCUT2D eigenvalue weighted by Crippen LogP contribution is -2.40. The molecule has 0 fully saturated rings. The summed E-state index contributed by atoms with van der Waals surface area (Å²) in [5.41, 5.74) is -0.309. The fourth-order valence-corrected chi connectivity index (χ4v) is 2.34. The van der Waals surface area contributed by atoms with Crippen molar-refractivity contribution in [3.8, 4) is 0 Å². The number of hydrogen-bond acceptors (Lipinski definition) is 4. The van der Waals surface area contributed by atoms with Gasteiger partial charge in [-0.05, 0) is 25.5 Å². The zero-order valence-electron chi connectivity index (χ0n) is 15.3. The average Bonchev–Trinajstić information content (AvgIpc) is 3.24. The summed E-state index contributed by atoms with van der Waals surface area (Å²) in [5, 5.41) is 21.4. The quantitative estimate of drug-likeness (QED) is 0.366. The molecule has 2 rings (SSSR count). The summed E-state index contributed by atoms with van der Waals surface area (Å²) in [6, 6.07) is 3.84. The van der Waals surface area contributed by atoms with Crippen LogP contribution in [0.25, 0.3) is 0 Å². The molecule has 1 unspecified atom stereocenters. The number of hydrogen-bond donors (Lipinski definition) is 3. The van der Waals surface area contributed by atoms with Gasteiger partial charge in [0.2, 0.25) is 0 Å². The number of aromatic nitrogens is 2. The third-order valence-corrected chi connectivity index (χ3v) is 3.94. The molecule has 0 saturated heterocycles. The minimum atomic E-state index is -1.06. The van der Waals surface area contributed by atoms with Crippen molar-refractivity contribution in [1.29, 1.82) is 0 Å². The second-order valence-corrected chi connectivity index (χ2v) is 6.38. The molecule has 7 heteroatoms. The lowest BCUT2D eigenvalue weighted by Gasteiger charge is -2.20. The summed E-state index contributed by atoms with van der Waals surface area (Å²) in [7, 11) is 1.83. The van der Waals surface area contributed by atoms with Crippen LogP contribution in [-0.4, -0.2) is 40.5 Å². The highest BCUT2D eigenvalue weighted by molar-refractivity contribution is 5.79. The summed E-state index contributed by atoms with van der Waals surface area (Å²) in [6.45, 7) is 5.70. The number of nitrogens with one attached hydrogen (secondary N) is 2. The van der Waals surface area contributed by atoms with Gasteiger partial charge in [-0.3, -0.25) is 4.68 Å². The Bertz CT molecular complexity index is 646. The van der Waals surface area contributed by atoms with Gasteiger partial charge in [0.15, 0.2) is 5.96 Å². The highest BCUT2D eigenvalue weighted by Gasteiger charge is 2.24. The van der Waals surface area contributed by atoms with Crippen molar-refractivity contribution < 1.29 is 9.52 Å². The zero-order valence-corrected chi connectivity index (χ0v) is 15.3. The molecule has 0 saturated carbocycles. The molecule has 0 aliphatic heterocycles. The SMILES string of the molecule is CCCCNC(=NCC(C)(O)c1cnn(C)c1)NCCc1ccco1. The maximum atomic E-state index is 10.7. The molecule has 0 amide bonds. The van der Waals surface area contributed by atoms with Gasteiger partial charge in [-0.15, -0.1) is 0 Å². The summed E-state index contributed by atoms with van der Waals surface area (Å²) >= 11 is 0. The van der Waals surface area contributed by atoms with Crippen molar-refractivity contribution in [3.63, 3.8) is 0 Å². The first kappa shape index (κ1) is 19.1. The van der Waals surface area contributed by atoms with Crippen LogP contribution in [0.15, 0.2) is 40.2 Å². The minimum Gasteiger partial charge on any atom is -0.469 e. The third-order valence-electron chi connectivity index (χ3n) is 3.94. The molecule has 2 aromatic rings. The van der Waals surface area contributed by atoms with E-state index in [0.29, 0.717) is 12.5 Å². The summed E-state index contributed by atoms with van der Waals surface area (Å²) < 4.78 is 7.01. The van der Waals surface area contributed by atoms with Crippen LogP contribution in [0, 0.1) is 0 Å². The van der Waals surface area contributed by atoms with Gasteiger partial charge >= 0.3 is 0 Å². The third kappa shape index (κ3) is 6.26. The molecule has 0 bridgehead atoms. The zero-order chi connectivity index (χ0) is 18.1. The molecule has 0 spiro atoms. The number of unbranched alkanes of at least 4 members (excludes halogenated alkanes) is 1. The van der Waals surface area contributed by atoms with Gasteiger partial charge in [-0.2, -0.15) is 5.10 Å². The summed E-state index contributed by atoms with van der Waals surface area (Å²) in [6.07, 6.45) is 8.11. The maximum absolute atomic E-state index is 10.7. The molecule has 25 heavy (non-hydrogen) atoms. The van der Waals surface area contributed by atoms with E-state index in [1.54, 1.807) is 24.1 Å². The molecular weight excluding hydrogens is 318 g/mol. The van der Waals surface area contributed by atoms with E-state index >= 15 is 0 Å². The number of rotatable bonds is 9. The Morgan fingerprint density at radius 3 is 2.84 bits per heavy atom. The first-order valence-corrected chi connectivity index (χ1v) is 8.77. The van der Waals surface area contributed by atoms with Crippen LogP contribution in [0.5, 0.6) is 0 Å². The Labute approximate surface area is 149 Å². The molecule has 138 valence electrons. The van der Waals surface area contributed by atoms with E-state index in [4.69, 9.17) is 4.42 Å². The fraction of sp³-hybridized carbons (Fsp3) is 0.556. The van der Waals surface area contributed by atoms with Gasteiger partial charge in [0.1, 0.15) is 11.4 Å². The Balaban J connectivity index is 1.93. The van der Waals surface area contributed by atoms with Crippen molar-refractivity contribution in [3.05, 3.63) is 42.1 Å². The van der Waals surface area contributed by atoms with Crippen LogP contribution in [0.1, 0.15) is 38.0 Å². The van der Waals surface area contributed by atoms with Crippen LogP contribution in [0.4, 0.5) is 0 Å². The van der Waals surface area contributed by atoms with Crippen LogP contribution < -0.4 is 10.6 Å². The van der Waals surface area contributed by atoms with Gasteiger partial charge < -0.3 is 20.2 Å². The standard InChI is InChI=1S/C18H29N5O2/c1-4-5-9-19-17(20-10-8-16-7-6-11-25-16)21-14-18(2,24)15-12-22-23(3)13-15/h6-7,11-13,24H,4-5,8-10,14H2,1-3H3,(H2,19,20,21). The van der Waals surface area contributed by atoms with Crippen LogP contribution in [0.2, 0.25) is 0 Å². The topological polar surface area (TPSA) is 87.6 Å². The van der Waals surface area contributed by atoms with E-state index in [1.165, 1.54) is 0 Å². The lowest BCUT2D eigenvalue weighted by molar-refractivity contribution is 0.0672. The van der Waals surface area contributed by atoms with Gasteiger partial charge in [-0.25, -0.2) is 4.99 Å². The van der Waals surface area contributed by atoms with E-state index in [9.17, 15) is 5.11 Å². The Morgan fingerprint density at radius 2 is 2.20 bits per heavy atom. The van der Waals surface area contributed by atoms with Crippen molar-refractivity contribution in [2.45, 2.75) is 38.7 Å². The van der Waals surface area contributed by atoms with E-state index in [0.717, 1.165) is 37.1 Å². The molecule has 0 aliphatic rings. The number of guanidine groups is 1. The Morgan fingerprint density at radius 1 is 1.40 bits per heavy atom. The average molecular weight is 347 g/mol. The van der Waals surface area contributed by atoms with Crippen LogP contribution in [-0.2, 0) is 19.1 Å². The number of aliphatic hydroxyl groups is 1. The second-order valence-electron chi connectivity index (χ2n) is 6.38. The summed E-state index contributed by atoms with van der Waals surface area (Å²) in [4.78, 5) is 4.55. The molecule has 3 N–H and O–H groups in total. The largest absolute Gasteiger partial charge is 0.469 e. The Hall–Kier alpha value is -2.28. The molecular formula is C18H29N5O2. The number of aliphatic imine (C=N–C) groups is 1. The van der Waals surface area contributed by atoms with Crippen molar-refractivity contribution >= 4 is 5.96 Å². The molecule has 2 heterocycles. The van der Waals surface area contributed by atoms with E-state index in [1.807, 2.05) is 25.4 Å². The number of nitrogens with zero attached hydrogens (tertiary/aromatic N) is 3. The second kappa shape index (κ2) is 9.27. The molecule has 1 atom stereocenters. The van der Waals surface area contributed by atoms with E-state index in [-0.39, 0.29) is 6.54 Å². The first-order chi connectivity index (χ1) is 12.0. The van der Waals surface area contributed by atoms with E-state index < -0.39 is 5.60 Å². The van der Waals surface area contributed by atoms with Crippen LogP contribution >= 0.6 is 0 Å². The first-order valence-electron chi connectivity index (χ1n) is 8.77. The number of aryl methyl sites for hydroxylation is 1. The lowest BCUT2D eigenvalue weighted by atomic mass is 10.0. The van der Waals surface area contributed by atoms with Gasteiger partial charge in [-0.1, -0.05) is 13.3 Å². The smallest absolute Gasteiger partial charge is 0.191 e. The maximum Gasteiger partial charge on any atom is 0.191 e. The monoisotopic (exact) mass is 347 g/mol. The predicted molar refractivity (Wildman–Crippen MR) is 98.4 cm³/mol. The molecule has 0 aliphatic carbocycles. The normalized spacial score (nSPS) is 14.3. The van der Waals surface area contributed by atoms with Crippen molar-refractivity contribution in [2.24, 2.45) is 12.0 Å². The van der Waals surface area contributed by atoms with Crippen molar-refractivity contribution in [2.75, 3.05) is 19.6 Å². The fourth-order valence-electron chi connectivity index (χ4n) is 2.34. The van der Waals surface area contributed by atoms with Gasteiger partial charge in [0.05, 0.1) is 19.0 Å². The van der Waals surface area contributed by atoms with Gasteiger partial charge in [0.25, 0.3) is 0 Å². The summed E-state index contributed by atoms with van der Waals surface area (Å²) in [5.74, 6) is 1.63. The minimum absolute atomic E-state index is 0.251. The van der Waals surface area contributed by atoms with Crippen LogP contribution in [0.3, 0.4) is 0 Å². The number of furan rings is 1. The molecule has 0 aromatic carbocycles. The highest BCUT2D eigenvalue weighted by atomic mass is 16.3. The highest BCUT2D eigenvalue weighted by Crippen LogP contribution is 2.19. The molecule has 0 radical (unpaired) electrons. The predicted octanol–water partition coefficient (Wildman–Crippen LogP) is 1.80. The van der Waals surface area contributed by atoms with E-state index in [2.05, 4.69) is 27.6 Å². The van der Waals surface area contributed by atoms with Crippen molar-refractivity contribution in [1.82, 2.24) is 20.4 Å². The molecule has 7 nitrogen and oxygen atoms in total. The molecule has 2 aromatic heterocycles. The van der Waals surface area contributed by atoms with Gasteiger partial charge in [0, 0.05) is 38.3 Å².